The van der Waals surface area contributed by atoms with Crippen molar-refractivity contribution in [2.24, 2.45) is 5.73 Å². The van der Waals surface area contributed by atoms with E-state index in [-0.39, 0.29) is 0 Å². The van der Waals surface area contributed by atoms with Gasteiger partial charge in [-0.1, -0.05) is 24.3 Å². The van der Waals surface area contributed by atoms with E-state index in [1.165, 1.54) is 0 Å². The van der Waals surface area contributed by atoms with Crippen molar-refractivity contribution in [1.29, 1.82) is 0 Å². The Kier molecular flexibility index (Phi) is 2.62. The minimum atomic E-state index is -0.857. The molecule has 2 aromatic carbocycles. The van der Waals surface area contributed by atoms with Crippen LogP contribution in [0.4, 0.5) is 4.79 Å². The second kappa shape index (κ2) is 4.63. The molecule has 4 rings (SSSR count). The molecule has 0 unspecified atom stereocenters. The lowest BCUT2D eigenvalue weighted by atomic mass is 10.2. The summed E-state index contributed by atoms with van der Waals surface area (Å²) in [7, 11) is 0. The molecule has 0 fully saturated rings. The van der Waals surface area contributed by atoms with Crippen molar-refractivity contribution in [1.82, 2.24) is 15.0 Å². The molecule has 0 radical (unpaired) electrons. The van der Waals surface area contributed by atoms with Gasteiger partial charge in [0.05, 0.1) is 5.52 Å². The van der Waals surface area contributed by atoms with Crippen LogP contribution in [0.3, 0.4) is 0 Å². The molecule has 6 heteroatoms. The van der Waals surface area contributed by atoms with Crippen molar-refractivity contribution in [2.45, 2.75) is 0 Å². The summed E-state index contributed by atoms with van der Waals surface area (Å²) in [6.45, 7) is 0. The number of aromatic nitrogens is 3. The topological polar surface area (TPSA) is 96.8 Å². The molecular formula is C16H12N4O2. The Hall–Kier alpha value is -3.28. The monoisotopic (exact) mass is 292 g/mol. The summed E-state index contributed by atoms with van der Waals surface area (Å²) in [5.74, 6) is 1.04. The van der Waals surface area contributed by atoms with Crippen LogP contribution in [-0.2, 0) is 0 Å². The molecule has 0 spiro atoms. The van der Waals surface area contributed by atoms with Gasteiger partial charge < -0.3 is 20.4 Å². The fourth-order valence-electron chi connectivity index (χ4n) is 2.59. The molecule has 0 aliphatic carbocycles. The Labute approximate surface area is 124 Å². The van der Waals surface area contributed by atoms with Crippen LogP contribution in [0.1, 0.15) is 0 Å². The summed E-state index contributed by atoms with van der Waals surface area (Å²) in [5, 5.41) is 1.07. The Morgan fingerprint density at radius 3 is 2.77 bits per heavy atom. The van der Waals surface area contributed by atoms with Gasteiger partial charge in [0.1, 0.15) is 11.3 Å². The molecule has 4 N–H and O–H groups in total. The lowest BCUT2D eigenvalue weighted by molar-refractivity contribution is 0.211. The van der Waals surface area contributed by atoms with E-state index in [0.29, 0.717) is 17.1 Å². The third-order valence-electron chi connectivity index (χ3n) is 3.53. The van der Waals surface area contributed by atoms with Gasteiger partial charge in [0.15, 0.2) is 5.75 Å². The first kappa shape index (κ1) is 12.5. The zero-order chi connectivity index (χ0) is 15.1. The van der Waals surface area contributed by atoms with Crippen LogP contribution >= 0.6 is 0 Å². The Balaban J connectivity index is 1.91. The van der Waals surface area contributed by atoms with Crippen LogP contribution in [0.25, 0.3) is 33.3 Å². The lowest BCUT2D eigenvalue weighted by Crippen LogP contribution is -2.16. The quantitative estimate of drug-likeness (QED) is 0.529. The third-order valence-corrected chi connectivity index (χ3v) is 3.53. The largest absolute Gasteiger partial charge is 0.410 e. The standard InChI is InChI=1S/C16H12N4O2/c17-16(21)22-13-7-3-6-12-14(13)20-15(19-12)10-8-18-11-5-2-1-4-9(10)11/h1-8,18H,(H2,17,21)(H,19,20). The second-order valence-electron chi connectivity index (χ2n) is 4.91. The lowest BCUT2D eigenvalue weighted by Gasteiger charge is -1.99. The first-order chi connectivity index (χ1) is 10.7. The molecule has 2 aromatic heterocycles. The molecule has 108 valence electrons. The number of carbonyl (C=O) groups excluding carboxylic acids is 1. The number of primary amides is 1. The van der Waals surface area contributed by atoms with E-state index in [9.17, 15) is 4.79 Å². The maximum atomic E-state index is 11.0. The summed E-state index contributed by atoms with van der Waals surface area (Å²) in [6, 6.07) is 13.3. The molecule has 0 bridgehead atoms. The van der Waals surface area contributed by atoms with Crippen LogP contribution < -0.4 is 10.5 Å². The van der Waals surface area contributed by atoms with Crippen LogP contribution in [0.5, 0.6) is 5.75 Å². The molecule has 0 saturated carbocycles. The predicted octanol–water partition coefficient (Wildman–Crippen LogP) is 3.17. The smallest absolute Gasteiger partial charge is 0.408 e. The number of amides is 1. The van der Waals surface area contributed by atoms with Gasteiger partial charge in [0.2, 0.25) is 0 Å². The summed E-state index contributed by atoms with van der Waals surface area (Å²) in [6.07, 6.45) is 1.04. The maximum absolute atomic E-state index is 11.0. The highest BCUT2D eigenvalue weighted by Gasteiger charge is 2.13. The van der Waals surface area contributed by atoms with Crippen LogP contribution in [0.2, 0.25) is 0 Å². The number of nitrogens with zero attached hydrogens (tertiary/aromatic N) is 1. The summed E-state index contributed by atoms with van der Waals surface area (Å²) in [4.78, 5) is 22.0. The van der Waals surface area contributed by atoms with Gasteiger partial charge in [0.25, 0.3) is 0 Å². The number of aromatic amines is 2. The van der Waals surface area contributed by atoms with Crippen molar-refractivity contribution in [2.75, 3.05) is 0 Å². The van der Waals surface area contributed by atoms with Gasteiger partial charge in [-0.2, -0.15) is 0 Å². The average molecular weight is 292 g/mol. The number of nitrogens with one attached hydrogen (secondary N) is 2. The van der Waals surface area contributed by atoms with Gasteiger partial charge in [-0.25, -0.2) is 9.78 Å². The number of hydrogen-bond donors (Lipinski definition) is 3. The molecule has 2 heterocycles. The number of nitrogens with two attached hydrogens (primary N) is 1. The first-order valence-corrected chi connectivity index (χ1v) is 6.75. The van der Waals surface area contributed by atoms with E-state index in [4.69, 9.17) is 10.5 Å². The van der Waals surface area contributed by atoms with E-state index in [1.54, 1.807) is 12.1 Å². The molecule has 4 aromatic rings. The van der Waals surface area contributed by atoms with Crippen molar-refractivity contribution in [3.8, 4) is 17.1 Å². The number of imidazole rings is 1. The molecule has 1 amide bonds. The van der Waals surface area contributed by atoms with E-state index >= 15 is 0 Å². The van der Waals surface area contributed by atoms with Gasteiger partial charge in [-0.15, -0.1) is 0 Å². The second-order valence-corrected chi connectivity index (χ2v) is 4.91. The van der Waals surface area contributed by atoms with Crippen molar-refractivity contribution >= 4 is 28.0 Å². The molecule has 6 nitrogen and oxygen atoms in total. The molecule has 0 saturated heterocycles. The number of fused-ring (bicyclic) bond motifs is 2. The molecule has 0 atom stereocenters. The summed E-state index contributed by atoms with van der Waals surface area (Å²) in [5.41, 5.74) is 8.42. The van der Waals surface area contributed by atoms with Crippen molar-refractivity contribution < 1.29 is 9.53 Å². The maximum Gasteiger partial charge on any atom is 0.410 e. The molecule has 0 aliphatic heterocycles. The summed E-state index contributed by atoms with van der Waals surface area (Å²) >= 11 is 0. The molecule has 22 heavy (non-hydrogen) atoms. The predicted molar refractivity (Wildman–Crippen MR) is 83.6 cm³/mol. The van der Waals surface area contributed by atoms with E-state index < -0.39 is 6.09 Å². The van der Waals surface area contributed by atoms with Gasteiger partial charge in [0, 0.05) is 22.7 Å². The van der Waals surface area contributed by atoms with Crippen molar-refractivity contribution in [3.63, 3.8) is 0 Å². The number of hydrogen-bond acceptors (Lipinski definition) is 3. The Morgan fingerprint density at radius 2 is 1.91 bits per heavy atom. The first-order valence-electron chi connectivity index (χ1n) is 6.75. The number of para-hydroxylation sites is 2. The van der Waals surface area contributed by atoms with Crippen LogP contribution in [-0.4, -0.2) is 21.0 Å². The van der Waals surface area contributed by atoms with E-state index in [1.807, 2.05) is 36.5 Å². The zero-order valence-electron chi connectivity index (χ0n) is 11.5. The number of carbonyl (C=O) groups is 1. The zero-order valence-corrected chi connectivity index (χ0v) is 11.5. The SMILES string of the molecule is NC(=O)Oc1cccc2[nH]c(-c3c[nH]c4ccccc34)nc12. The number of H-pyrrole nitrogens is 2. The van der Waals surface area contributed by atoms with Crippen molar-refractivity contribution in [3.05, 3.63) is 48.7 Å². The number of ether oxygens (including phenoxy) is 1. The number of benzene rings is 2. The molecular weight excluding hydrogens is 280 g/mol. The van der Waals surface area contributed by atoms with Gasteiger partial charge in [-0.3, -0.25) is 0 Å². The minimum Gasteiger partial charge on any atom is -0.408 e. The van der Waals surface area contributed by atoms with Crippen LogP contribution in [0, 0.1) is 0 Å². The van der Waals surface area contributed by atoms with E-state index in [2.05, 4.69) is 15.0 Å². The van der Waals surface area contributed by atoms with E-state index in [0.717, 1.165) is 22.0 Å². The highest BCUT2D eigenvalue weighted by molar-refractivity contribution is 5.96. The average Bonchev–Trinajstić information content (AvgIpc) is 3.10. The molecule has 0 aliphatic rings. The number of rotatable bonds is 2. The van der Waals surface area contributed by atoms with Crippen LogP contribution in [0.15, 0.2) is 48.7 Å². The normalized spacial score (nSPS) is 11.1. The van der Waals surface area contributed by atoms with Gasteiger partial charge >= 0.3 is 6.09 Å². The van der Waals surface area contributed by atoms with Gasteiger partial charge in [-0.05, 0) is 18.2 Å². The summed E-state index contributed by atoms with van der Waals surface area (Å²) < 4.78 is 4.99. The Morgan fingerprint density at radius 1 is 1.09 bits per heavy atom. The fourth-order valence-corrected chi connectivity index (χ4v) is 2.59. The Bertz CT molecular complexity index is 1000. The fraction of sp³-hybridized carbons (Fsp3) is 0. The highest BCUT2D eigenvalue weighted by atomic mass is 16.5. The minimum absolute atomic E-state index is 0.340. The third kappa shape index (κ3) is 1.89. The highest BCUT2D eigenvalue weighted by Crippen LogP contribution is 2.31.